The molecular formula is C26H30N6O5S2. The van der Waals surface area contributed by atoms with Crippen LogP contribution in [-0.2, 0) is 21.2 Å². The fraction of sp³-hybridized carbons (Fsp3) is 0.346. The molecule has 4 rings (SSSR count). The van der Waals surface area contributed by atoms with Crippen LogP contribution >= 0.6 is 11.3 Å². The van der Waals surface area contributed by atoms with E-state index in [1.807, 2.05) is 42.6 Å². The number of thiazole rings is 1. The number of aromatic nitrogens is 2. The standard InChI is InChI=1S/C26H30N6O5S2/c1-17-16-38-25(27-17)21-10-7-13-32(21)26(35)19-14-20(28-22(15-19)31(2)39(3,36)37)24(34)30-29-23(33)12-11-18-8-5-4-6-9-18/h4-6,8-9,14-16,21H,7,10-13H2,1-3H3,(H,29,33)(H,30,34). The second-order valence-corrected chi connectivity index (χ2v) is 12.2. The minimum absolute atomic E-state index is 0.0928. The molecule has 0 saturated carbocycles. The Kier molecular flexibility index (Phi) is 8.60. The zero-order valence-electron chi connectivity index (χ0n) is 21.9. The Morgan fingerprint density at radius 2 is 1.87 bits per heavy atom. The van der Waals surface area contributed by atoms with Crippen molar-refractivity contribution in [1.82, 2.24) is 25.7 Å². The van der Waals surface area contributed by atoms with Gasteiger partial charge >= 0.3 is 0 Å². The maximum Gasteiger partial charge on any atom is 0.288 e. The first-order chi connectivity index (χ1) is 18.5. The highest BCUT2D eigenvalue weighted by Gasteiger charge is 2.33. The lowest BCUT2D eigenvalue weighted by molar-refractivity contribution is -0.121. The Bertz CT molecular complexity index is 1470. The molecule has 1 aromatic carbocycles. The predicted molar refractivity (Wildman–Crippen MR) is 148 cm³/mol. The number of hydrogen-bond donors (Lipinski definition) is 2. The highest BCUT2D eigenvalue weighted by molar-refractivity contribution is 7.92. The van der Waals surface area contributed by atoms with Gasteiger partial charge in [-0.3, -0.25) is 29.5 Å². The van der Waals surface area contributed by atoms with Crippen LogP contribution in [-0.4, -0.2) is 60.9 Å². The van der Waals surface area contributed by atoms with Crippen molar-refractivity contribution in [2.24, 2.45) is 0 Å². The number of carbonyl (C=O) groups excluding carboxylic acids is 3. The summed E-state index contributed by atoms with van der Waals surface area (Å²) in [5, 5.41) is 2.76. The van der Waals surface area contributed by atoms with Crippen LogP contribution in [0.5, 0.6) is 0 Å². The van der Waals surface area contributed by atoms with Crippen molar-refractivity contribution < 1.29 is 22.8 Å². The van der Waals surface area contributed by atoms with E-state index < -0.39 is 21.8 Å². The number of sulfonamides is 1. The molecule has 13 heteroatoms. The van der Waals surface area contributed by atoms with Gasteiger partial charge in [-0.1, -0.05) is 30.3 Å². The second-order valence-electron chi connectivity index (χ2n) is 9.30. The largest absolute Gasteiger partial charge is 0.329 e. The van der Waals surface area contributed by atoms with Gasteiger partial charge in [0.2, 0.25) is 15.9 Å². The molecule has 39 heavy (non-hydrogen) atoms. The monoisotopic (exact) mass is 570 g/mol. The van der Waals surface area contributed by atoms with Gasteiger partial charge in [-0.2, -0.15) is 0 Å². The van der Waals surface area contributed by atoms with Gasteiger partial charge < -0.3 is 4.90 Å². The van der Waals surface area contributed by atoms with E-state index in [2.05, 4.69) is 20.8 Å². The third kappa shape index (κ3) is 6.98. The number of nitrogens with zero attached hydrogens (tertiary/aromatic N) is 4. The fourth-order valence-corrected chi connectivity index (χ4v) is 5.58. The molecule has 0 aliphatic carbocycles. The summed E-state index contributed by atoms with van der Waals surface area (Å²) >= 11 is 1.49. The maximum absolute atomic E-state index is 13.6. The van der Waals surface area contributed by atoms with E-state index in [1.165, 1.54) is 30.5 Å². The van der Waals surface area contributed by atoms with Crippen LogP contribution in [0.3, 0.4) is 0 Å². The number of aryl methyl sites for hydroxylation is 2. The van der Waals surface area contributed by atoms with E-state index in [0.29, 0.717) is 13.0 Å². The van der Waals surface area contributed by atoms with Crippen molar-refractivity contribution in [3.8, 4) is 0 Å². The summed E-state index contributed by atoms with van der Waals surface area (Å²) in [6.45, 7) is 2.39. The number of likely N-dealkylation sites (tertiary alicyclic amines) is 1. The van der Waals surface area contributed by atoms with Crippen LogP contribution in [0.1, 0.15) is 62.4 Å². The smallest absolute Gasteiger partial charge is 0.288 e. The average Bonchev–Trinajstić information content (AvgIpc) is 3.58. The molecule has 2 aromatic heterocycles. The molecule has 3 amide bonds. The molecule has 1 unspecified atom stereocenters. The van der Waals surface area contributed by atoms with Crippen LogP contribution < -0.4 is 15.2 Å². The zero-order chi connectivity index (χ0) is 28.2. The Morgan fingerprint density at radius 3 is 2.54 bits per heavy atom. The maximum atomic E-state index is 13.6. The molecule has 206 valence electrons. The molecule has 1 atom stereocenters. The van der Waals surface area contributed by atoms with Gasteiger partial charge in [-0.25, -0.2) is 18.4 Å². The van der Waals surface area contributed by atoms with Crippen molar-refractivity contribution >= 4 is 44.9 Å². The number of hydrogen-bond acceptors (Lipinski definition) is 8. The first-order valence-electron chi connectivity index (χ1n) is 12.3. The van der Waals surface area contributed by atoms with Gasteiger partial charge in [-0.15, -0.1) is 11.3 Å². The number of pyridine rings is 1. The van der Waals surface area contributed by atoms with Gasteiger partial charge in [0.15, 0.2) is 0 Å². The lowest BCUT2D eigenvalue weighted by Gasteiger charge is -2.24. The summed E-state index contributed by atoms with van der Waals surface area (Å²) in [6, 6.07) is 11.9. The van der Waals surface area contributed by atoms with Gasteiger partial charge in [0, 0.05) is 36.7 Å². The van der Waals surface area contributed by atoms with Crippen LogP contribution in [0.25, 0.3) is 0 Å². The van der Waals surface area contributed by atoms with Crippen LogP contribution in [0.15, 0.2) is 47.8 Å². The molecule has 3 heterocycles. The molecule has 0 bridgehead atoms. The van der Waals surface area contributed by atoms with Gasteiger partial charge in [0.1, 0.15) is 16.5 Å². The number of carbonyl (C=O) groups is 3. The quantitative estimate of drug-likeness (QED) is 0.397. The second kappa shape index (κ2) is 11.9. The van der Waals surface area contributed by atoms with Crippen LogP contribution in [0.2, 0.25) is 0 Å². The first-order valence-corrected chi connectivity index (χ1v) is 15.1. The van der Waals surface area contributed by atoms with E-state index in [1.54, 1.807) is 4.90 Å². The fourth-order valence-electron chi connectivity index (χ4n) is 4.20. The number of nitrogens with one attached hydrogen (secondary N) is 2. The average molecular weight is 571 g/mol. The summed E-state index contributed by atoms with van der Waals surface area (Å²) in [4.78, 5) is 49.2. The molecule has 1 aliphatic rings. The number of hydrazine groups is 1. The predicted octanol–water partition coefficient (Wildman–Crippen LogP) is 2.61. The molecule has 11 nitrogen and oxygen atoms in total. The highest BCUT2D eigenvalue weighted by atomic mass is 32.2. The van der Waals surface area contributed by atoms with Gasteiger partial charge in [-0.05, 0) is 43.9 Å². The zero-order valence-corrected chi connectivity index (χ0v) is 23.5. The molecule has 3 aromatic rings. The molecule has 1 saturated heterocycles. The lowest BCUT2D eigenvalue weighted by Crippen LogP contribution is -2.42. The summed E-state index contributed by atoms with van der Waals surface area (Å²) < 4.78 is 25.3. The summed E-state index contributed by atoms with van der Waals surface area (Å²) in [5.74, 6) is -1.65. The number of anilines is 1. The number of benzene rings is 1. The van der Waals surface area contributed by atoms with Gasteiger partial charge in [0.05, 0.1) is 12.3 Å². The summed E-state index contributed by atoms with van der Waals surface area (Å²) in [5.41, 5.74) is 6.41. The lowest BCUT2D eigenvalue weighted by atomic mass is 10.1. The Hall–Kier alpha value is -3.84. The SMILES string of the molecule is Cc1csc(C2CCCN2C(=O)c2cc(C(=O)NNC(=O)CCc3ccccc3)nc(N(C)S(C)(=O)=O)c2)n1. The minimum atomic E-state index is -3.73. The molecule has 0 spiro atoms. The van der Waals surface area contributed by atoms with Crippen LogP contribution in [0, 0.1) is 6.92 Å². The van der Waals surface area contributed by atoms with E-state index in [-0.39, 0.29) is 35.4 Å². The van der Waals surface area contributed by atoms with Crippen molar-refractivity contribution in [2.45, 2.75) is 38.6 Å². The van der Waals surface area contributed by atoms with Crippen molar-refractivity contribution in [3.05, 3.63) is 75.4 Å². The van der Waals surface area contributed by atoms with Gasteiger partial charge in [0.25, 0.3) is 11.8 Å². The van der Waals surface area contributed by atoms with E-state index in [4.69, 9.17) is 0 Å². The third-order valence-electron chi connectivity index (χ3n) is 6.35. The molecule has 2 N–H and O–H groups in total. The minimum Gasteiger partial charge on any atom is -0.329 e. The molecular weight excluding hydrogens is 540 g/mol. The first kappa shape index (κ1) is 28.2. The third-order valence-corrected chi connectivity index (χ3v) is 8.59. The Morgan fingerprint density at radius 1 is 1.13 bits per heavy atom. The van der Waals surface area contributed by atoms with Crippen molar-refractivity contribution in [3.63, 3.8) is 0 Å². The van der Waals surface area contributed by atoms with Crippen molar-refractivity contribution in [1.29, 1.82) is 0 Å². The Labute approximate surface area is 231 Å². The van der Waals surface area contributed by atoms with E-state index >= 15 is 0 Å². The van der Waals surface area contributed by atoms with Crippen LogP contribution in [0.4, 0.5) is 5.82 Å². The number of rotatable bonds is 8. The highest BCUT2D eigenvalue weighted by Crippen LogP contribution is 2.35. The number of amides is 3. The van der Waals surface area contributed by atoms with E-state index in [9.17, 15) is 22.8 Å². The topological polar surface area (TPSA) is 142 Å². The summed E-state index contributed by atoms with van der Waals surface area (Å²) in [6.07, 6.45) is 3.17. The normalized spacial score (nSPS) is 15.2. The molecule has 1 aliphatic heterocycles. The Balaban J connectivity index is 1.54. The van der Waals surface area contributed by atoms with Crippen molar-refractivity contribution in [2.75, 3.05) is 24.2 Å². The molecule has 1 fully saturated rings. The summed E-state index contributed by atoms with van der Waals surface area (Å²) in [7, 11) is -2.45. The molecule has 0 radical (unpaired) electrons. The van der Waals surface area contributed by atoms with E-state index in [0.717, 1.165) is 39.7 Å².